The van der Waals surface area contributed by atoms with Crippen LogP contribution in [0.25, 0.3) is 0 Å². The largest absolute Gasteiger partial charge is 0.497 e. The summed E-state index contributed by atoms with van der Waals surface area (Å²) in [6, 6.07) is 11.9. The molecule has 22 heavy (non-hydrogen) atoms. The summed E-state index contributed by atoms with van der Waals surface area (Å²) in [4.78, 5) is 13.2. The molecule has 2 aromatic rings. The number of thioether (sulfide) groups is 1. The number of benzene rings is 2. The molecule has 0 atom stereocenters. The monoisotopic (exact) mass is 315 g/mol. The van der Waals surface area contributed by atoms with Crippen LogP contribution in [0.4, 0.5) is 5.69 Å². The smallest absolute Gasteiger partial charge is 0.234 e. The fourth-order valence-corrected chi connectivity index (χ4v) is 3.07. The summed E-state index contributed by atoms with van der Waals surface area (Å²) in [7, 11) is 1.64. The van der Waals surface area contributed by atoms with E-state index in [2.05, 4.69) is 24.4 Å². The zero-order valence-corrected chi connectivity index (χ0v) is 14.2. The number of carbonyl (C=O) groups excluding carboxylic acids is 1. The molecule has 0 aliphatic rings. The van der Waals surface area contributed by atoms with E-state index < -0.39 is 0 Å². The molecule has 0 saturated carbocycles. The number of anilines is 1. The van der Waals surface area contributed by atoms with Crippen LogP contribution in [0.1, 0.15) is 16.7 Å². The number of nitrogens with one attached hydrogen (secondary N) is 1. The fourth-order valence-electron chi connectivity index (χ4n) is 2.37. The first-order valence-electron chi connectivity index (χ1n) is 7.14. The summed E-state index contributed by atoms with van der Waals surface area (Å²) >= 11 is 1.51. The molecule has 0 spiro atoms. The van der Waals surface area contributed by atoms with Gasteiger partial charge in [0, 0.05) is 10.6 Å². The molecule has 1 amide bonds. The van der Waals surface area contributed by atoms with E-state index >= 15 is 0 Å². The highest BCUT2D eigenvalue weighted by Crippen LogP contribution is 2.24. The predicted octanol–water partition coefficient (Wildman–Crippen LogP) is 4.35. The molecule has 0 aliphatic heterocycles. The maximum atomic E-state index is 12.1. The number of aryl methyl sites for hydroxylation is 3. The van der Waals surface area contributed by atoms with Gasteiger partial charge >= 0.3 is 0 Å². The summed E-state index contributed by atoms with van der Waals surface area (Å²) in [5, 5.41) is 3.01. The quantitative estimate of drug-likeness (QED) is 0.834. The number of hydrogen-bond acceptors (Lipinski definition) is 3. The summed E-state index contributed by atoms with van der Waals surface area (Å²) in [5.74, 6) is 1.22. The van der Waals surface area contributed by atoms with Gasteiger partial charge in [-0.2, -0.15) is 0 Å². The van der Waals surface area contributed by atoms with Crippen LogP contribution in [-0.2, 0) is 4.79 Å². The van der Waals surface area contributed by atoms with Crippen molar-refractivity contribution >= 4 is 23.4 Å². The molecule has 0 saturated heterocycles. The Kier molecular flexibility index (Phi) is 5.50. The first kappa shape index (κ1) is 16.4. The second-order valence-electron chi connectivity index (χ2n) is 5.29. The number of rotatable bonds is 5. The number of hydrogen-bond donors (Lipinski definition) is 1. The summed E-state index contributed by atoms with van der Waals surface area (Å²) < 4.78 is 5.12. The highest BCUT2D eigenvalue weighted by molar-refractivity contribution is 8.00. The first-order chi connectivity index (χ1) is 10.5. The van der Waals surface area contributed by atoms with Crippen molar-refractivity contribution in [2.45, 2.75) is 25.7 Å². The molecule has 0 heterocycles. The minimum absolute atomic E-state index is 0.0101. The standard InChI is InChI=1S/C18H21NO2S/c1-12-9-13(2)18(14(3)10-12)19-17(20)11-22-16-7-5-15(21-4)6-8-16/h5-10H,11H2,1-4H3,(H,19,20). The van der Waals surface area contributed by atoms with Crippen molar-refractivity contribution in [1.29, 1.82) is 0 Å². The van der Waals surface area contributed by atoms with Crippen molar-refractivity contribution in [3.63, 3.8) is 0 Å². The number of methoxy groups -OCH3 is 1. The van der Waals surface area contributed by atoms with Gasteiger partial charge < -0.3 is 10.1 Å². The van der Waals surface area contributed by atoms with Gasteiger partial charge in [-0.15, -0.1) is 11.8 Å². The molecule has 0 aromatic heterocycles. The Hall–Kier alpha value is -1.94. The van der Waals surface area contributed by atoms with Crippen LogP contribution < -0.4 is 10.1 Å². The van der Waals surface area contributed by atoms with Crippen LogP contribution in [0.15, 0.2) is 41.3 Å². The molecule has 0 aliphatic carbocycles. The molecule has 2 aromatic carbocycles. The Morgan fingerprint density at radius 1 is 1.09 bits per heavy atom. The van der Waals surface area contributed by atoms with Crippen molar-refractivity contribution in [2.75, 3.05) is 18.2 Å². The van der Waals surface area contributed by atoms with E-state index in [0.717, 1.165) is 27.5 Å². The third-order valence-corrected chi connectivity index (χ3v) is 4.38. The Bertz CT molecular complexity index is 642. The van der Waals surface area contributed by atoms with Gasteiger partial charge in [0.25, 0.3) is 0 Å². The fraction of sp³-hybridized carbons (Fsp3) is 0.278. The highest BCUT2D eigenvalue weighted by atomic mass is 32.2. The van der Waals surface area contributed by atoms with E-state index in [-0.39, 0.29) is 5.91 Å². The van der Waals surface area contributed by atoms with Gasteiger partial charge in [0.15, 0.2) is 0 Å². The zero-order chi connectivity index (χ0) is 16.1. The SMILES string of the molecule is COc1ccc(SCC(=O)Nc2c(C)cc(C)cc2C)cc1. The average Bonchev–Trinajstić information content (AvgIpc) is 2.49. The van der Waals surface area contributed by atoms with E-state index in [1.807, 2.05) is 38.1 Å². The van der Waals surface area contributed by atoms with Crippen molar-refractivity contribution in [1.82, 2.24) is 0 Å². The molecule has 4 heteroatoms. The van der Waals surface area contributed by atoms with Gasteiger partial charge in [-0.3, -0.25) is 4.79 Å². The van der Waals surface area contributed by atoms with Crippen LogP contribution in [0, 0.1) is 20.8 Å². The van der Waals surface area contributed by atoms with Gasteiger partial charge in [0.05, 0.1) is 12.9 Å². The van der Waals surface area contributed by atoms with Crippen LogP contribution in [0.3, 0.4) is 0 Å². The molecule has 3 nitrogen and oxygen atoms in total. The van der Waals surface area contributed by atoms with Gasteiger partial charge in [0.1, 0.15) is 5.75 Å². The lowest BCUT2D eigenvalue weighted by Crippen LogP contribution is -2.15. The maximum absolute atomic E-state index is 12.1. The van der Waals surface area contributed by atoms with Crippen molar-refractivity contribution in [3.8, 4) is 5.75 Å². The molecule has 0 fully saturated rings. The Morgan fingerprint density at radius 2 is 1.68 bits per heavy atom. The summed E-state index contributed by atoms with van der Waals surface area (Å²) in [6.45, 7) is 6.10. The first-order valence-corrected chi connectivity index (χ1v) is 8.12. The summed E-state index contributed by atoms with van der Waals surface area (Å²) in [5.41, 5.74) is 4.33. The lowest BCUT2D eigenvalue weighted by molar-refractivity contribution is -0.113. The Balaban J connectivity index is 1.95. The van der Waals surface area contributed by atoms with Gasteiger partial charge in [-0.05, 0) is 56.2 Å². The number of amides is 1. The van der Waals surface area contributed by atoms with Gasteiger partial charge in [0.2, 0.25) is 5.91 Å². The molecule has 0 bridgehead atoms. The third-order valence-electron chi connectivity index (χ3n) is 3.37. The van der Waals surface area contributed by atoms with Crippen molar-refractivity contribution in [3.05, 3.63) is 53.1 Å². The van der Waals surface area contributed by atoms with E-state index in [4.69, 9.17) is 4.74 Å². The molecular weight excluding hydrogens is 294 g/mol. The normalized spacial score (nSPS) is 10.4. The minimum atomic E-state index is 0.0101. The summed E-state index contributed by atoms with van der Waals surface area (Å²) in [6.07, 6.45) is 0. The number of carbonyl (C=O) groups is 1. The molecule has 0 radical (unpaired) electrons. The molecule has 2 rings (SSSR count). The lowest BCUT2D eigenvalue weighted by Gasteiger charge is -2.12. The second kappa shape index (κ2) is 7.36. The molecule has 116 valence electrons. The Morgan fingerprint density at radius 3 is 2.23 bits per heavy atom. The second-order valence-corrected chi connectivity index (χ2v) is 6.33. The van der Waals surface area contributed by atoms with Crippen LogP contribution in [0.2, 0.25) is 0 Å². The topological polar surface area (TPSA) is 38.3 Å². The van der Waals surface area contributed by atoms with Crippen LogP contribution >= 0.6 is 11.8 Å². The molecule has 0 unspecified atom stereocenters. The van der Waals surface area contributed by atoms with Crippen molar-refractivity contribution < 1.29 is 9.53 Å². The zero-order valence-electron chi connectivity index (χ0n) is 13.4. The predicted molar refractivity (Wildman–Crippen MR) is 93.0 cm³/mol. The Labute approximate surface area is 136 Å². The molecule has 1 N–H and O–H groups in total. The van der Waals surface area contributed by atoms with Crippen LogP contribution in [-0.4, -0.2) is 18.8 Å². The minimum Gasteiger partial charge on any atom is -0.497 e. The van der Waals surface area contributed by atoms with Gasteiger partial charge in [-0.25, -0.2) is 0 Å². The van der Waals surface area contributed by atoms with E-state index in [1.54, 1.807) is 7.11 Å². The maximum Gasteiger partial charge on any atom is 0.234 e. The average molecular weight is 315 g/mol. The third kappa shape index (κ3) is 4.28. The number of ether oxygens (including phenoxy) is 1. The molecular formula is C18H21NO2S. The highest BCUT2D eigenvalue weighted by Gasteiger charge is 2.09. The van der Waals surface area contributed by atoms with Crippen LogP contribution in [0.5, 0.6) is 5.75 Å². The van der Waals surface area contributed by atoms with E-state index in [1.165, 1.54) is 17.3 Å². The van der Waals surface area contributed by atoms with Gasteiger partial charge in [-0.1, -0.05) is 17.7 Å². The van der Waals surface area contributed by atoms with E-state index in [0.29, 0.717) is 5.75 Å². The van der Waals surface area contributed by atoms with E-state index in [9.17, 15) is 4.79 Å². The van der Waals surface area contributed by atoms with Crippen molar-refractivity contribution in [2.24, 2.45) is 0 Å². The lowest BCUT2D eigenvalue weighted by atomic mass is 10.1.